The van der Waals surface area contributed by atoms with Crippen LogP contribution in [0.3, 0.4) is 0 Å². The van der Waals surface area contributed by atoms with Gasteiger partial charge in [-0.1, -0.05) is 54.6 Å². The van der Waals surface area contributed by atoms with E-state index in [-0.39, 0.29) is 11.7 Å². The van der Waals surface area contributed by atoms with Crippen molar-refractivity contribution >= 4 is 34.2 Å². The Kier molecular flexibility index (Phi) is 7.29. The number of ether oxygens (including phenoxy) is 2. The van der Waals surface area contributed by atoms with E-state index in [1.165, 1.54) is 0 Å². The van der Waals surface area contributed by atoms with Gasteiger partial charge in [0.25, 0.3) is 0 Å². The van der Waals surface area contributed by atoms with Crippen molar-refractivity contribution in [3.05, 3.63) is 90.0 Å². The second kappa shape index (κ2) is 10.8. The van der Waals surface area contributed by atoms with Crippen molar-refractivity contribution in [1.29, 1.82) is 0 Å². The molecule has 1 fully saturated rings. The van der Waals surface area contributed by atoms with E-state index in [0.717, 1.165) is 40.6 Å². The number of anilines is 1. The number of esters is 2. The summed E-state index contributed by atoms with van der Waals surface area (Å²) in [4.78, 5) is 42.2. The fraction of sp³-hybridized carbons (Fsp3) is 0.323. The third-order valence-corrected chi connectivity index (χ3v) is 7.39. The Labute approximate surface area is 222 Å². The fourth-order valence-electron chi connectivity index (χ4n) is 5.49. The SMILES string of the molecule is CN(C)c1ccc(C(=O)CCC2CCN(Cc3ccccc3)C3(C2)OC(=O)C=CC(=O)O3)c2ccccc12. The first-order valence-electron chi connectivity index (χ1n) is 13.0. The lowest BCUT2D eigenvalue weighted by molar-refractivity contribution is -0.302. The minimum Gasteiger partial charge on any atom is -0.405 e. The quantitative estimate of drug-likeness (QED) is 0.322. The molecule has 7 heteroatoms. The number of benzene rings is 3. The van der Waals surface area contributed by atoms with Gasteiger partial charge >= 0.3 is 17.8 Å². The number of carbonyl (C=O) groups excluding carboxylic acids is 3. The van der Waals surface area contributed by atoms with Crippen LogP contribution in [0.5, 0.6) is 0 Å². The predicted molar refractivity (Wildman–Crippen MR) is 145 cm³/mol. The molecule has 2 aliphatic heterocycles. The molecule has 38 heavy (non-hydrogen) atoms. The highest BCUT2D eigenvalue weighted by Gasteiger charge is 2.50. The first kappa shape index (κ1) is 25.7. The van der Waals surface area contributed by atoms with Crippen molar-refractivity contribution in [3.63, 3.8) is 0 Å². The van der Waals surface area contributed by atoms with E-state index in [4.69, 9.17) is 9.47 Å². The summed E-state index contributed by atoms with van der Waals surface area (Å²) in [6.45, 7) is 1.03. The van der Waals surface area contributed by atoms with E-state index in [1.807, 2.05) is 90.6 Å². The predicted octanol–water partition coefficient (Wildman–Crippen LogP) is 5.09. The Hall–Kier alpha value is -3.97. The molecule has 0 radical (unpaired) electrons. The molecule has 2 aliphatic rings. The number of nitrogens with zero attached hydrogens (tertiary/aromatic N) is 2. The van der Waals surface area contributed by atoms with E-state index in [1.54, 1.807) is 0 Å². The highest BCUT2D eigenvalue weighted by Crippen LogP contribution is 2.39. The van der Waals surface area contributed by atoms with Gasteiger partial charge in [-0.3, -0.25) is 4.79 Å². The van der Waals surface area contributed by atoms with Crippen LogP contribution in [0.15, 0.2) is 78.9 Å². The maximum absolute atomic E-state index is 13.4. The average molecular weight is 513 g/mol. The number of carbonyl (C=O) groups is 3. The molecule has 5 rings (SSSR count). The van der Waals surface area contributed by atoms with Crippen LogP contribution >= 0.6 is 0 Å². The molecule has 196 valence electrons. The first-order chi connectivity index (χ1) is 18.3. The van der Waals surface area contributed by atoms with Crippen LogP contribution < -0.4 is 4.90 Å². The Morgan fingerprint density at radius 3 is 2.26 bits per heavy atom. The number of ketones is 1. The molecule has 3 aromatic carbocycles. The lowest BCUT2D eigenvalue weighted by Crippen LogP contribution is -2.58. The number of piperidine rings is 1. The highest BCUT2D eigenvalue weighted by molar-refractivity contribution is 6.11. The summed E-state index contributed by atoms with van der Waals surface area (Å²) >= 11 is 0. The van der Waals surface area contributed by atoms with Crippen molar-refractivity contribution in [1.82, 2.24) is 4.90 Å². The van der Waals surface area contributed by atoms with Crippen molar-refractivity contribution in [2.24, 2.45) is 5.92 Å². The molecule has 0 amide bonds. The molecule has 0 aromatic heterocycles. The van der Waals surface area contributed by atoms with Gasteiger partial charge in [0.1, 0.15) is 0 Å². The fourth-order valence-corrected chi connectivity index (χ4v) is 5.49. The van der Waals surface area contributed by atoms with Gasteiger partial charge in [0.05, 0.1) is 0 Å². The number of hydrogen-bond acceptors (Lipinski definition) is 7. The largest absolute Gasteiger partial charge is 0.405 e. The van der Waals surface area contributed by atoms with Gasteiger partial charge < -0.3 is 14.4 Å². The molecule has 0 bridgehead atoms. The summed E-state index contributed by atoms with van der Waals surface area (Å²) in [5.74, 6) is -2.61. The minimum absolute atomic E-state index is 0.0389. The first-order valence-corrected chi connectivity index (χ1v) is 13.0. The van der Waals surface area contributed by atoms with Gasteiger partial charge in [0.15, 0.2) is 5.78 Å². The molecule has 3 aromatic rings. The summed E-state index contributed by atoms with van der Waals surface area (Å²) < 4.78 is 11.6. The second-order valence-electron chi connectivity index (χ2n) is 10.2. The summed E-state index contributed by atoms with van der Waals surface area (Å²) in [6.07, 6.45) is 4.27. The van der Waals surface area contributed by atoms with Crippen molar-refractivity contribution in [2.45, 2.75) is 38.1 Å². The smallest absolute Gasteiger partial charge is 0.335 e. The number of rotatable bonds is 7. The van der Waals surface area contributed by atoms with E-state index in [2.05, 4.69) is 0 Å². The Morgan fingerprint density at radius 1 is 0.921 bits per heavy atom. The highest BCUT2D eigenvalue weighted by atomic mass is 16.8. The van der Waals surface area contributed by atoms with Gasteiger partial charge in [0.2, 0.25) is 0 Å². The van der Waals surface area contributed by atoms with E-state index < -0.39 is 17.8 Å². The second-order valence-corrected chi connectivity index (χ2v) is 10.2. The molecule has 1 saturated heterocycles. The zero-order valence-corrected chi connectivity index (χ0v) is 21.8. The molecule has 0 N–H and O–H groups in total. The van der Waals surface area contributed by atoms with Crippen LogP contribution in [0.4, 0.5) is 5.69 Å². The van der Waals surface area contributed by atoms with Crippen LogP contribution in [0.25, 0.3) is 10.8 Å². The summed E-state index contributed by atoms with van der Waals surface area (Å²) in [5.41, 5.74) is 2.80. The zero-order chi connectivity index (χ0) is 26.7. The normalized spacial score (nSPS) is 19.2. The molecule has 1 unspecified atom stereocenters. The van der Waals surface area contributed by atoms with Crippen LogP contribution in [0.1, 0.15) is 41.6 Å². The maximum atomic E-state index is 13.4. The summed E-state index contributed by atoms with van der Waals surface area (Å²) in [7, 11) is 3.98. The van der Waals surface area contributed by atoms with E-state index >= 15 is 0 Å². The van der Waals surface area contributed by atoms with Gasteiger partial charge in [-0.05, 0) is 41.8 Å². The summed E-state index contributed by atoms with van der Waals surface area (Å²) in [6, 6.07) is 21.7. The van der Waals surface area contributed by atoms with Crippen molar-refractivity contribution in [2.75, 3.05) is 25.5 Å². The van der Waals surface area contributed by atoms with Crippen LogP contribution in [-0.4, -0.2) is 49.2 Å². The van der Waals surface area contributed by atoms with Crippen molar-refractivity contribution < 1.29 is 23.9 Å². The third kappa shape index (κ3) is 5.34. The van der Waals surface area contributed by atoms with Gasteiger partial charge in [-0.25, -0.2) is 14.5 Å². The van der Waals surface area contributed by atoms with Crippen LogP contribution in [0, 0.1) is 5.92 Å². The molecule has 0 aliphatic carbocycles. The zero-order valence-electron chi connectivity index (χ0n) is 21.8. The van der Waals surface area contributed by atoms with Crippen LogP contribution in [0.2, 0.25) is 0 Å². The lowest BCUT2D eigenvalue weighted by atomic mass is 9.87. The topological polar surface area (TPSA) is 76.2 Å². The lowest BCUT2D eigenvalue weighted by Gasteiger charge is -2.46. The van der Waals surface area contributed by atoms with Gasteiger partial charge in [-0.2, -0.15) is 0 Å². The monoisotopic (exact) mass is 512 g/mol. The molecular formula is C31H32N2O5. The number of hydrogen-bond donors (Lipinski definition) is 0. The van der Waals surface area contributed by atoms with Gasteiger partial charge in [-0.15, -0.1) is 0 Å². The maximum Gasteiger partial charge on any atom is 0.335 e. The Balaban J connectivity index is 1.34. The Morgan fingerprint density at radius 2 is 1.58 bits per heavy atom. The molecule has 0 saturated carbocycles. The van der Waals surface area contributed by atoms with Gasteiger partial charge in [0, 0.05) is 68.8 Å². The third-order valence-electron chi connectivity index (χ3n) is 7.39. The number of likely N-dealkylation sites (tertiary alicyclic amines) is 1. The van der Waals surface area contributed by atoms with E-state index in [0.29, 0.717) is 37.9 Å². The van der Waals surface area contributed by atoms with Crippen LogP contribution in [-0.2, 0) is 25.6 Å². The molecular weight excluding hydrogens is 480 g/mol. The number of Topliss-reactive ketones (excluding diaryl/α,β-unsaturated/α-hetero) is 1. The average Bonchev–Trinajstić information content (AvgIpc) is 3.05. The standard InChI is InChI=1S/C31H32N2O5/c1-32(2)27-14-13-26(24-10-6-7-11-25(24)27)28(34)15-12-22-18-19-33(21-23-8-4-3-5-9-23)31(20-22)37-29(35)16-17-30(36)38-31/h3-11,13-14,16-17,22H,12,15,18-21H2,1-2H3. The molecule has 7 nitrogen and oxygen atoms in total. The number of fused-ring (bicyclic) bond motifs is 1. The van der Waals surface area contributed by atoms with Crippen molar-refractivity contribution in [3.8, 4) is 0 Å². The molecule has 2 heterocycles. The van der Waals surface area contributed by atoms with E-state index in [9.17, 15) is 14.4 Å². The minimum atomic E-state index is -1.50. The summed E-state index contributed by atoms with van der Waals surface area (Å²) in [5, 5.41) is 1.98. The Bertz CT molecular complexity index is 1360. The molecule has 1 atom stereocenters. The molecule has 1 spiro atoms.